The van der Waals surface area contributed by atoms with Crippen LogP contribution in [0.3, 0.4) is 0 Å². The lowest BCUT2D eigenvalue weighted by Crippen LogP contribution is -2.25. The predicted octanol–water partition coefficient (Wildman–Crippen LogP) is 2.02. The monoisotopic (exact) mass is 348 g/mol. The van der Waals surface area contributed by atoms with Gasteiger partial charge in [0.15, 0.2) is 5.82 Å². The fraction of sp³-hybridized carbons (Fsp3) is 0.500. The number of rotatable bonds is 7. The molecule has 1 unspecified atom stereocenters. The second kappa shape index (κ2) is 8.14. The van der Waals surface area contributed by atoms with E-state index >= 15 is 0 Å². The first kappa shape index (κ1) is 16.8. The summed E-state index contributed by atoms with van der Waals surface area (Å²) in [5.41, 5.74) is 0.555. The second-order valence-electron chi connectivity index (χ2n) is 5.58. The highest BCUT2D eigenvalue weighted by Gasteiger charge is 2.18. The SMILES string of the molecule is Cc1noc(CCCNC(=O)c2ccnc(OC3CCSC3)c2)n1. The van der Waals surface area contributed by atoms with Gasteiger partial charge in [0.05, 0.1) is 0 Å². The minimum absolute atomic E-state index is 0.134. The normalized spacial score (nSPS) is 17.0. The molecule has 0 saturated carbocycles. The van der Waals surface area contributed by atoms with Crippen LogP contribution in [0.5, 0.6) is 5.88 Å². The van der Waals surface area contributed by atoms with E-state index in [1.807, 2.05) is 11.8 Å². The predicted molar refractivity (Wildman–Crippen MR) is 90.3 cm³/mol. The van der Waals surface area contributed by atoms with Crippen LogP contribution in [0.25, 0.3) is 0 Å². The van der Waals surface area contributed by atoms with E-state index in [0.29, 0.717) is 36.1 Å². The molecular formula is C16H20N4O3S. The fourth-order valence-electron chi connectivity index (χ4n) is 2.38. The van der Waals surface area contributed by atoms with Crippen molar-refractivity contribution in [3.8, 4) is 5.88 Å². The number of ether oxygens (including phenoxy) is 1. The van der Waals surface area contributed by atoms with Crippen molar-refractivity contribution in [2.45, 2.75) is 32.3 Å². The molecule has 8 heteroatoms. The van der Waals surface area contributed by atoms with Gasteiger partial charge in [-0.15, -0.1) is 0 Å². The highest BCUT2D eigenvalue weighted by Crippen LogP contribution is 2.22. The molecule has 1 amide bonds. The van der Waals surface area contributed by atoms with E-state index in [0.717, 1.165) is 24.3 Å². The molecule has 1 N–H and O–H groups in total. The molecular weight excluding hydrogens is 328 g/mol. The first-order chi connectivity index (χ1) is 11.7. The van der Waals surface area contributed by atoms with Crippen molar-refractivity contribution in [1.29, 1.82) is 0 Å². The Hall–Kier alpha value is -2.09. The summed E-state index contributed by atoms with van der Waals surface area (Å²) in [7, 11) is 0. The van der Waals surface area contributed by atoms with Gasteiger partial charge in [0.25, 0.3) is 5.91 Å². The van der Waals surface area contributed by atoms with Gasteiger partial charge in [0.2, 0.25) is 11.8 Å². The van der Waals surface area contributed by atoms with Crippen LogP contribution < -0.4 is 10.1 Å². The number of carbonyl (C=O) groups is 1. The number of carbonyl (C=O) groups excluding carboxylic acids is 1. The number of amides is 1. The van der Waals surface area contributed by atoms with E-state index < -0.39 is 0 Å². The molecule has 1 fully saturated rings. The first-order valence-corrected chi connectivity index (χ1v) is 9.14. The topological polar surface area (TPSA) is 90.1 Å². The third kappa shape index (κ3) is 4.70. The van der Waals surface area contributed by atoms with Crippen LogP contribution in [0, 0.1) is 6.92 Å². The summed E-state index contributed by atoms with van der Waals surface area (Å²) in [6, 6.07) is 3.38. The molecule has 0 aromatic carbocycles. The Morgan fingerprint density at radius 3 is 3.21 bits per heavy atom. The van der Waals surface area contributed by atoms with Crippen molar-refractivity contribution >= 4 is 17.7 Å². The minimum atomic E-state index is -0.134. The lowest BCUT2D eigenvalue weighted by molar-refractivity contribution is 0.0952. The Balaban J connectivity index is 1.45. The van der Waals surface area contributed by atoms with Crippen LogP contribution in [-0.4, -0.2) is 45.2 Å². The van der Waals surface area contributed by atoms with Crippen molar-refractivity contribution in [2.24, 2.45) is 0 Å². The maximum Gasteiger partial charge on any atom is 0.251 e. The van der Waals surface area contributed by atoms with Gasteiger partial charge < -0.3 is 14.6 Å². The highest BCUT2D eigenvalue weighted by molar-refractivity contribution is 7.99. The largest absolute Gasteiger partial charge is 0.473 e. The smallest absolute Gasteiger partial charge is 0.251 e. The minimum Gasteiger partial charge on any atom is -0.473 e. The van der Waals surface area contributed by atoms with E-state index in [1.54, 1.807) is 25.3 Å². The number of nitrogens with zero attached hydrogens (tertiary/aromatic N) is 3. The van der Waals surface area contributed by atoms with E-state index in [1.165, 1.54) is 0 Å². The molecule has 0 radical (unpaired) electrons. The summed E-state index contributed by atoms with van der Waals surface area (Å²) in [5, 5.41) is 6.61. The zero-order chi connectivity index (χ0) is 16.8. The molecule has 3 heterocycles. The standard InChI is InChI=1S/C16H20N4O3S/c1-11-19-14(23-20-11)3-2-6-18-16(21)12-4-7-17-15(9-12)22-13-5-8-24-10-13/h4,7,9,13H,2-3,5-6,8,10H2,1H3,(H,18,21). The summed E-state index contributed by atoms with van der Waals surface area (Å²) < 4.78 is 10.8. The quantitative estimate of drug-likeness (QED) is 0.766. The molecule has 2 aromatic heterocycles. The Morgan fingerprint density at radius 2 is 2.46 bits per heavy atom. The van der Waals surface area contributed by atoms with Gasteiger partial charge in [-0.25, -0.2) is 4.98 Å². The second-order valence-corrected chi connectivity index (χ2v) is 6.73. The summed E-state index contributed by atoms with van der Waals surface area (Å²) >= 11 is 1.88. The van der Waals surface area contributed by atoms with E-state index in [2.05, 4.69) is 20.4 Å². The third-order valence-corrected chi connectivity index (χ3v) is 4.73. The van der Waals surface area contributed by atoms with Gasteiger partial charge in [0, 0.05) is 36.5 Å². The van der Waals surface area contributed by atoms with E-state index in [-0.39, 0.29) is 12.0 Å². The van der Waals surface area contributed by atoms with E-state index in [9.17, 15) is 4.79 Å². The molecule has 1 aliphatic rings. The number of hydrogen-bond donors (Lipinski definition) is 1. The molecule has 0 aliphatic carbocycles. The number of thioether (sulfide) groups is 1. The molecule has 128 valence electrons. The van der Waals surface area contributed by atoms with Crippen molar-refractivity contribution in [3.63, 3.8) is 0 Å². The molecule has 1 aliphatic heterocycles. The highest BCUT2D eigenvalue weighted by atomic mass is 32.2. The number of aryl methyl sites for hydroxylation is 2. The molecule has 1 saturated heterocycles. The fourth-order valence-corrected chi connectivity index (χ4v) is 3.47. The van der Waals surface area contributed by atoms with Gasteiger partial charge >= 0.3 is 0 Å². The molecule has 7 nitrogen and oxygen atoms in total. The van der Waals surface area contributed by atoms with Crippen LogP contribution >= 0.6 is 11.8 Å². The number of hydrogen-bond acceptors (Lipinski definition) is 7. The number of aromatic nitrogens is 3. The summed E-state index contributed by atoms with van der Waals surface area (Å²) in [5.74, 6) is 3.69. The van der Waals surface area contributed by atoms with Crippen LogP contribution in [0.15, 0.2) is 22.9 Å². The lowest BCUT2D eigenvalue weighted by Gasteiger charge is -2.12. The summed E-state index contributed by atoms with van der Waals surface area (Å²) in [6.45, 7) is 2.32. The molecule has 1 atom stereocenters. The van der Waals surface area contributed by atoms with Crippen molar-refractivity contribution in [2.75, 3.05) is 18.1 Å². The van der Waals surface area contributed by atoms with Gasteiger partial charge in [-0.3, -0.25) is 4.79 Å². The number of pyridine rings is 1. The summed E-state index contributed by atoms with van der Waals surface area (Å²) in [4.78, 5) is 20.5. The average molecular weight is 348 g/mol. The van der Waals surface area contributed by atoms with Crippen LogP contribution in [-0.2, 0) is 6.42 Å². The molecule has 2 aromatic rings. The van der Waals surface area contributed by atoms with Crippen molar-refractivity contribution in [3.05, 3.63) is 35.6 Å². The lowest BCUT2D eigenvalue weighted by atomic mass is 10.2. The van der Waals surface area contributed by atoms with Crippen molar-refractivity contribution < 1.29 is 14.1 Å². The maximum absolute atomic E-state index is 12.2. The summed E-state index contributed by atoms with van der Waals surface area (Å²) in [6.07, 6.45) is 4.20. The Morgan fingerprint density at radius 1 is 1.54 bits per heavy atom. The molecule has 0 spiro atoms. The third-order valence-electron chi connectivity index (χ3n) is 3.59. The zero-order valence-corrected chi connectivity index (χ0v) is 14.3. The average Bonchev–Trinajstić information content (AvgIpc) is 3.23. The number of nitrogens with one attached hydrogen (secondary N) is 1. The first-order valence-electron chi connectivity index (χ1n) is 7.98. The molecule has 0 bridgehead atoms. The maximum atomic E-state index is 12.2. The Labute approximate surface area is 144 Å². The zero-order valence-electron chi connectivity index (χ0n) is 13.5. The Bertz CT molecular complexity index is 685. The van der Waals surface area contributed by atoms with Crippen LogP contribution in [0.2, 0.25) is 0 Å². The van der Waals surface area contributed by atoms with E-state index in [4.69, 9.17) is 9.26 Å². The van der Waals surface area contributed by atoms with Gasteiger partial charge in [-0.2, -0.15) is 16.7 Å². The van der Waals surface area contributed by atoms with Crippen LogP contribution in [0.4, 0.5) is 0 Å². The molecule has 3 rings (SSSR count). The van der Waals surface area contributed by atoms with Crippen molar-refractivity contribution in [1.82, 2.24) is 20.4 Å². The van der Waals surface area contributed by atoms with Gasteiger partial charge in [-0.05, 0) is 31.6 Å². The van der Waals surface area contributed by atoms with Gasteiger partial charge in [-0.1, -0.05) is 5.16 Å². The molecule has 24 heavy (non-hydrogen) atoms. The Kier molecular flexibility index (Phi) is 5.68. The van der Waals surface area contributed by atoms with Gasteiger partial charge in [0.1, 0.15) is 6.10 Å². The van der Waals surface area contributed by atoms with Crippen LogP contribution in [0.1, 0.15) is 34.9 Å².